The van der Waals surface area contributed by atoms with Crippen molar-refractivity contribution in [1.82, 2.24) is 19.9 Å². The van der Waals surface area contributed by atoms with Crippen molar-refractivity contribution in [3.05, 3.63) is 59.7 Å². The molecule has 6 heteroatoms. The highest BCUT2D eigenvalue weighted by Crippen LogP contribution is 2.49. The summed E-state index contributed by atoms with van der Waals surface area (Å²) in [6, 6.07) is 0. The highest BCUT2D eigenvalue weighted by Gasteiger charge is 2.51. The molecule has 1 aliphatic carbocycles. The zero-order chi connectivity index (χ0) is 18.5. The summed E-state index contributed by atoms with van der Waals surface area (Å²) in [6.45, 7) is 7.75. The number of nitrogens with zero attached hydrogens (tertiary/aromatic N) is 5. The Morgan fingerprint density at radius 1 is 1.04 bits per heavy atom. The van der Waals surface area contributed by atoms with Crippen molar-refractivity contribution in [2.75, 3.05) is 4.90 Å². The Labute approximate surface area is 152 Å². The quantitative estimate of drug-likeness (QED) is 0.834. The second kappa shape index (κ2) is 5.83. The molecule has 2 aromatic rings. The molecule has 1 aliphatic heterocycles. The van der Waals surface area contributed by atoms with Crippen LogP contribution in [-0.2, 0) is 4.79 Å². The van der Waals surface area contributed by atoms with Gasteiger partial charge in [-0.3, -0.25) is 14.7 Å². The second-order valence-electron chi connectivity index (χ2n) is 7.41. The normalized spacial score (nSPS) is 21.3. The average molecular weight is 347 g/mol. The number of aryl methyl sites for hydroxylation is 2. The predicted molar refractivity (Wildman–Crippen MR) is 99.0 cm³/mol. The molecule has 2 aliphatic rings. The van der Waals surface area contributed by atoms with Crippen LogP contribution in [0.15, 0.2) is 42.6 Å². The molecule has 3 heterocycles. The number of hydrogen-bond acceptors (Lipinski definition) is 5. The number of rotatable bonds is 2. The van der Waals surface area contributed by atoms with E-state index in [4.69, 9.17) is 0 Å². The highest BCUT2D eigenvalue weighted by molar-refractivity contribution is 6.04. The van der Waals surface area contributed by atoms with Gasteiger partial charge in [-0.1, -0.05) is 19.9 Å². The van der Waals surface area contributed by atoms with E-state index in [1.807, 2.05) is 40.1 Å². The number of fused-ring (bicyclic) bond motifs is 1. The van der Waals surface area contributed by atoms with Crippen LogP contribution in [-0.4, -0.2) is 25.8 Å². The van der Waals surface area contributed by atoms with Gasteiger partial charge >= 0.3 is 0 Å². The number of anilines is 1. The van der Waals surface area contributed by atoms with E-state index in [0.717, 1.165) is 34.8 Å². The number of carbonyl (C=O) groups excluding carboxylic acids is 1. The number of hydrogen-bond donors (Lipinski definition) is 0. The average Bonchev–Trinajstić information content (AvgIpc) is 2.83. The third-order valence-electron chi connectivity index (χ3n) is 5.23. The largest absolute Gasteiger partial charge is 0.273 e. The van der Waals surface area contributed by atoms with Crippen molar-refractivity contribution < 1.29 is 4.79 Å². The molecule has 26 heavy (non-hydrogen) atoms. The van der Waals surface area contributed by atoms with E-state index < -0.39 is 5.41 Å². The Kier molecular flexibility index (Phi) is 3.72. The second-order valence-corrected chi connectivity index (χ2v) is 7.41. The van der Waals surface area contributed by atoms with Gasteiger partial charge in [0.25, 0.3) is 0 Å². The molecule has 0 aromatic carbocycles. The summed E-state index contributed by atoms with van der Waals surface area (Å²) >= 11 is 0. The summed E-state index contributed by atoms with van der Waals surface area (Å²) in [6.07, 6.45) is 12.0. The van der Waals surface area contributed by atoms with E-state index in [9.17, 15) is 4.79 Å². The Bertz CT molecular complexity index is 926. The minimum atomic E-state index is -0.482. The molecular weight excluding hydrogens is 326 g/mol. The van der Waals surface area contributed by atoms with Gasteiger partial charge in [0.05, 0.1) is 23.5 Å². The molecule has 0 spiro atoms. The van der Waals surface area contributed by atoms with Gasteiger partial charge in [0, 0.05) is 29.6 Å². The molecule has 0 N–H and O–H groups in total. The Morgan fingerprint density at radius 3 is 2.42 bits per heavy atom. The molecule has 2 aromatic heterocycles. The summed E-state index contributed by atoms with van der Waals surface area (Å²) in [5, 5.41) is 0. The summed E-state index contributed by atoms with van der Waals surface area (Å²) in [5.74, 6) is 1.49. The number of aromatic nitrogens is 4. The van der Waals surface area contributed by atoms with E-state index >= 15 is 0 Å². The third kappa shape index (κ3) is 2.53. The Morgan fingerprint density at radius 2 is 1.77 bits per heavy atom. The van der Waals surface area contributed by atoms with Crippen LogP contribution < -0.4 is 4.90 Å². The molecule has 0 saturated carbocycles. The van der Waals surface area contributed by atoms with Crippen molar-refractivity contribution in [2.45, 2.75) is 34.1 Å². The maximum atomic E-state index is 13.1. The van der Waals surface area contributed by atoms with Gasteiger partial charge in [-0.15, -0.1) is 0 Å². The van der Waals surface area contributed by atoms with E-state index in [2.05, 4.69) is 32.1 Å². The molecule has 1 saturated heterocycles. The summed E-state index contributed by atoms with van der Waals surface area (Å²) in [5.41, 5.74) is 3.30. The molecule has 1 fully saturated rings. The SMILES string of the molecule is Cc1cnc(N2C(=O)C(C)(C)C3CC=C(c4cnc(C)nc4)C=C32)cn1. The van der Waals surface area contributed by atoms with Crippen LogP contribution in [0.1, 0.15) is 37.4 Å². The maximum Gasteiger partial charge on any atom is 0.238 e. The topological polar surface area (TPSA) is 71.9 Å². The number of allylic oxidation sites excluding steroid dienone is 4. The van der Waals surface area contributed by atoms with E-state index in [1.165, 1.54) is 0 Å². The van der Waals surface area contributed by atoms with Crippen molar-refractivity contribution in [2.24, 2.45) is 11.3 Å². The molecular formula is C20H21N5O. The van der Waals surface area contributed by atoms with Crippen molar-refractivity contribution >= 4 is 17.3 Å². The molecule has 0 bridgehead atoms. The standard InChI is InChI=1S/C20H21N5O/c1-12-8-24-18(11-21-12)25-17-7-14(15-9-22-13(2)23-10-15)5-6-16(17)20(3,4)19(25)26/h5,7-11,16H,6H2,1-4H3. The fourth-order valence-corrected chi connectivity index (χ4v) is 3.60. The van der Waals surface area contributed by atoms with Crippen molar-refractivity contribution in [1.29, 1.82) is 0 Å². The lowest BCUT2D eigenvalue weighted by Crippen LogP contribution is -2.31. The molecule has 1 unspecified atom stereocenters. The summed E-state index contributed by atoms with van der Waals surface area (Å²) < 4.78 is 0. The lowest BCUT2D eigenvalue weighted by Gasteiger charge is -2.25. The van der Waals surface area contributed by atoms with Crippen LogP contribution in [0.2, 0.25) is 0 Å². The molecule has 1 atom stereocenters. The van der Waals surface area contributed by atoms with Gasteiger partial charge in [0.15, 0.2) is 5.82 Å². The first-order chi connectivity index (χ1) is 12.4. The number of amides is 1. The first-order valence-electron chi connectivity index (χ1n) is 8.72. The number of carbonyl (C=O) groups is 1. The lowest BCUT2D eigenvalue weighted by molar-refractivity contribution is -0.125. The highest BCUT2D eigenvalue weighted by atomic mass is 16.2. The van der Waals surface area contributed by atoms with Crippen molar-refractivity contribution in [3.63, 3.8) is 0 Å². The van der Waals surface area contributed by atoms with Crippen molar-refractivity contribution in [3.8, 4) is 0 Å². The molecule has 132 valence electrons. The van der Waals surface area contributed by atoms with Gasteiger partial charge in [-0.25, -0.2) is 15.0 Å². The van der Waals surface area contributed by atoms with E-state index in [0.29, 0.717) is 5.82 Å². The molecule has 0 radical (unpaired) electrons. The van der Waals surface area contributed by atoms with Crippen LogP contribution in [0.25, 0.3) is 5.57 Å². The van der Waals surface area contributed by atoms with Gasteiger partial charge in [0.2, 0.25) is 5.91 Å². The summed E-state index contributed by atoms with van der Waals surface area (Å²) in [7, 11) is 0. The van der Waals surface area contributed by atoms with Gasteiger partial charge < -0.3 is 0 Å². The first kappa shape index (κ1) is 16.6. The van der Waals surface area contributed by atoms with E-state index in [1.54, 1.807) is 17.3 Å². The van der Waals surface area contributed by atoms with Crippen LogP contribution in [0.4, 0.5) is 5.82 Å². The predicted octanol–water partition coefficient (Wildman–Crippen LogP) is 3.24. The first-order valence-corrected chi connectivity index (χ1v) is 8.72. The lowest BCUT2D eigenvalue weighted by atomic mass is 9.75. The van der Waals surface area contributed by atoms with Gasteiger partial charge in [-0.05, 0) is 31.9 Å². The zero-order valence-corrected chi connectivity index (χ0v) is 15.4. The molecule has 1 amide bonds. The fraction of sp³-hybridized carbons (Fsp3) is 0.350. The van der Waals surface area contributed by atoms with Crippen LogP contribution >= 0.6 is 0 Å². The Balaban J connectivity index is 1.79. The zero-order valence-electron chi connectivity index (χ0n) is 15.4. The minimum Gasteiger partial charge on any atom is -0.273 e. The Hall–Kier alpha value is -2.89. The van der Waals surface area contributed by atoms with Gasteiger partial charge in [0.1, 0.15) is 5.82 Å². The molecule has 4 rings (SSSR count). The third-order valence-corrected chi connectivity index (χ3v) is 5.23. The fourth-order valence-electron chi connectivity index (χ4n) is 3.60. The minimum absolute atomic E-state index is 0.0571. The maximum absolute atomic E-state index is 13.1. The van der Waals surface area contributed by atoms with Gasteiger partial charge in [-0.2, -0.15) is 0 Å². The van der Waals surface area contributed by atoms with E-state index in [-0.39, 0.29) is 11.8 Å². The van der Waals surface area contributed by atoms with Crippen LogP contribution in [0, 0.1) is 25.2 Å². The van der Waals surface area contributed by atoms with Crippen LogP contribution in [0.3, 0.4) is 0 Å². The van der Waals surface area contributed by atoms with Crippen LogP contribution in [0.5, 0.6) is 0 Å². The molecule has 6 nitrogen and oxygen atoms in total. The monoisotopic (exact) mass is 347 g/mol. The smallest absolute Gasteiger partial charge is 0.238 e. The summed E-state index contributed by atoms with van der Waals surface area (Å²) in [4.78, 5) is 32.2.